The van der Waals surface area contributed by atoms with Gasteiger partial charge in [0, 0.05) is 19.2 Å². The minimum Gasteiger partial charge on any atom is -0.367 e. The van der Waals surface area contributed by atoms with Gasteiger partial charge in [0.2, 0.25) is 0 Å². The first-order chi connectivity index (χ1) is 11.0. The molecule has 0 aromatic heterocycles. The van der Waals surface area contributed by atoms with Crippen molar-refractivity contribution in [3.8, 4) is 0 Å². The Hall–Kier alpha value is -2.03. The first-order valence-electron chi connectivity index (χ1n) is 6.93. The van der Waals surface area contributed by atoms with Crippen LogP contribution in [0, 0.1) is 0 Å². The minimum absolute atomic E-state index is 0.114. The van der Waals surface area contributed by atoms with E-state index in [0.29, 0.717) is 25.2 Å². The van der Waals surface area contributed by atoms with Crippen LogP contribution in [0.2, 0.25) is 0 Å². The van der Waals surface area contributed by atoms with E-state index in [0.717, 1.165) is 5.71 Å². The Morgan fingerprint density at radius 2 is 1.58 bits per heavy atom. The summed E-state index contributed by atoms with van der Waals surface area (Å²) in [5.74, 6) is 0. The zero-order valence-electron chi connectivity index (χ0n) is 12.9. The average Bonchev–Trinajstić information content (AvgIpc) is 2.45. The molecule has 0 amide bonds. The van der Waals surface area contributed by atoms with Crippen molar-refractivity contribution in [2.75, 3.05) is 27.2 Å². The SMILES string of the molecule is CNCC1=NC=C(c2cc(C(F)(F)F)cc(C(F)(F)F)c2)N(C)C1. The lowest BCUT2D eigenvalue weighted by Gasteiger charge is -2.27. The molecule has 1 aromatic rings. The van der Waals surface area contributed by atoms with Crippen molar-refractivity contribution in [3.63, 3.8) is 0 Å². The smallest absolute Gasteiger partial charge is 0.367 e. The van der Waals surface area contributed by atoms with Gasteiger partial charge in [-0.1, -0.05) is 0 Å². The molecule has 1 N–H and O–H groups in total. The summed E-state index contributed by atoms with van der Waals surface area (Å²) in [4.78, 5) is 5.66. The Balaban J connectivity index is 2.54. The molecule has 0 saturated heterocycles. The van der Waals surface area contributed by atoms with Gasteiger partial charge in [-0.15, -0.1) is 0 Å². The number of nitrogens with one attached hydrogen (secondary N) is 1. The second-order valence-corrected chi connectivity index (χ2v) is 5.39. The molecule has 0 radical (unpaired) electrons. The average molecular weight is 351 g/mol. The summed E-state index contributed by atoms with van der Waals surface area (Å²) < 4.78 is 77.6. The van der Waals surface area contributed by atoms with Crippen molar-refractivity contribution in [3.05, 3.63) is 41.1 Å². The van der Waals surface area contributed by atoms with Gasteiger partial charge in [-0.05, 0) is 25.2 Å². The predicted molar refractivity (Wildman–Crippen MR) is 78.4 cm³/mol. The van der Waals surface area contributed by atoms with Gasteiger partial charge >= 0.3 is 12.4 Å². The van der Waals surface area contributed by atoms with Crippen LogP contribution in [0.3, 0.4) is 0 Å². The lowest BCUT2D eigenvalue weighted by molar-refractivity contribution is -0.143. The third-order valence-corrected chi connectivity index (χ3v) is 3.46. The summed E-state index contributed by atoms with van der Waals surface area (Å²) in [5, 5.41) is 2.89. The largest absolute Gasteiger partial charge is 0.416 e. The molecule has 1 aliphatic heterocycles. The highest BCUT2D eigenvalue weighted by Gasteiger charge is 2.37. The fraction of sp³-hybridized carbons (Fsp3) is 0.400. The maximum atomic E-state index is 12.9. The lowest BCUT2D eigenvalue weighted by Crippen LogP contribution is -2.33. The Morgan fingerprint density at radius 3 is 2.00 bits per heavy atom. The zero-order valence-corrected chi connectivity index (χ0v) is 12.9. The number of nitrogens with zero attached hydrogens (tertiary/aromatic N) is 2. The van der Waals surface area contributed by atoms with Gasteiger partial charge in [-0.25, -0.2) is 0 Å². The van der Waals surface area contributed by atoms with E-state index in [9.17, 15) is 26.3 Å². The molecule has 1 heterocycles. The predicted octanol–water partition coefficient (Wildman–Crippen LogP) is 3.63. The van der Waals surface area contributed by atoms with Crippen LogP contribution in [0.15, 0.2) is 29.4 Å². The summed E-state index contributed by atoms with van der Waals surface area (Å²) in [6.07, 6.45) is -8.46. The normalized spacial score (nSPS) is 16.1. The highest BCUT2D eigenvalue weighted by atomic mass is 19.4. The molecular weight excluding hydrogens is 336 g/mol. The van der Waals surface area contributed by atoms with Crippen molar-refractivity contribution in [2.45, 2.75) is 12.4 Å². The highest BCUT2D eigenvalue weighted by molar-refractivity contribution is 5.92. The molecule has 0 saturated carbocycles. The van der Waals surface area contributed by atoms with Crippen molar-refractivity contribution in [1.82, 2.24) is 10.2 Å². The van der Waals surface area contributed by atoms with E-state index >= 15 is 0 Å². The van der Waals surface area contributed by atoms with E-state index in [-0.39, 0.29) is 17.3 Å². The van der Waals surface area contributed by atoms with Gasteiger partial charge < -0.3 is 10.2 Å². The number of halogens is 6. The fourth-order valence-electron chi connectivity index (χ4n) is 2.35. The molecule has 132 valence electrons. The third kappa shape index (κ3) is 4.08. The van der Waals surface area contributed by atoms with E-state index in [1.54, 1.807) is 19.0 Å². The molecule has 9 heteroatoms. The zero-order chi connectivity index (χ0) is 18.1. The van der Waals surface area contributed by atoms with Gasteiger partial charge in [0.25, 0.3) is 0 Å². The van der Waals surface area contributed by atoms with Crippen LogP contribution in [0.4, 0.5) is 26.3 Å². The van der Waals surface area contributed by atoms with Crippen LogP contribution < -0.4 is 5.32 Å². The second-order valence-electron chi connectivity index (χ2n) is 5.39. The quantitative estimate of drug-likeness (QED) is 0.843. The molecule has 0 fully saturated rings. The van der Waals surface area contributed by atoms with Gasteiger partial charge in [0.15, 0.2) is 0 Å². The minimum atomic E-state index is -4.87. The summed E-state index contributed by atoms with van der Waals surface area (Å²) in [7, 11) is 3.30. The molecule has 24 heavy (non-hydrogen) atoms. The third-order valence-electron chi connectivity index (χ3n) is 3.46. The number of rotatable bonds is 3. The molecular formula is C15H15F6N3. The van der Waals surface area contributed by atoms with Gasteiger partial charge in [-0.2, -0.15) is 26.3 Å². The van der Waals surface area contributed by atoms with Crippen LogP contribution in [0.1, 0.15) is 16.7 Å². The van der Waals surface area contributed by atoms with Crippen molar-refractivity contribution < 1.29 is 26.3 Å². The Bertz CT molecular complexity index is 641. The van der Waals surface area contributed by atoms with Crippen LogP contribution >= 0.6 is 0 Å². The van der Waals surface area contributed by atoms with Crippen LogP contribution in [-0.2, 0) is 12.4 Å². The maximum absolute atomic E-state index is 12.9. The Morgan fingerprint density at radius 1 is 1.04 bits per heavy atom. The summed E-state index contributed by atoms with van der Waals surface area (Å²) in [6.45, 7) is 0.786. The van der Waals surface area contributed by atoms with Crippen molar-refractivity contribution in [2.24, 2.45) is 4.99 Å². The van der Waals surface area contributed by atoms with Gasteiger partial charge in [0.05, 0.1) is 35.3 Å². The van der Waals surface area contributed by atoms with Crippen molar-refractivity contribution in [1.29, 1.82) is 0 Å². The topological polar surface area (TPSA) is 27.6 Å². The molecule has 0 bridgehead atoms. The molecule has 2 rings (SSSR count). The Labute approximate surface area is 134 Å². The molecule has 1 aromatic carbocycles. The number of hydrogen-bond acceptors (Lipinski definition) is 3. The number of aliphatic imine (C=N–C) groups is 1. The lowest BCUT2D eigenvalue weighted by atomic mass is 10.0. The second kappa shape index (κ2) is 6.46. The van der Waals surface area contributed by atoms with Gasteiger partial charge in [0.1, 0.15) is 0 Å². The first-order valence-corrected chi connectivity index (χ1v) is 6.93. The van der Waals surface area contributed by atoms with Crippen molar-refractivity contribution >= 4 is 11.4 Å². The van der Waals surface area contributed by atoms with E-state index in [1.165, 1.54) is 6.20 Å². The molecule has 1 aliphatic rings. The van der Waals surface area contributed by atoms with E-state index in [2.05, 4.69) is 10.3 Å². The Kier molecular flexibility index (Phi) is 4.93. The summed E-state index contributed by atoms with van der Waals surface area (Å²) in [5.41, 5.74) is -1.93. The summed E-state index contributed by atoms with van der Waals surface area (Å²) >= 11 is 0. The van der Waals surface area contributed by atoms with Gasteiger partial charge in [-0.3, -0.25) is 4.99 Å². The molecule has 0 aliphatic carbocycles. The van der Waals surface area contributed by atoms with E-state index in [1.807, 2.05) is 0 Å². The fourth-order valence-corrected chi connectivity index (χ4v) is 2.35. The molecule has 0 atom stereocenters. The monoisotopic (exact) mass is 351 g/mol. The molecule has 0 unspecified atom stereocenters. The number of hydrogen-bond donors (Lipinski definition) is 1. The van der Waals surface area contributed by atoms with Crippen LogP contribution in [0.25, 0.3) is 5.70 Å². The molecule has 0 spiro atoms. The van der Waals surface area contributed by atoms with Crippen LogP contribution in [0.5, 0.6) is 0 Å². The van der Waals surface area contributed by atoms with E-state index in [4.69, 9.17) is 0 Å². The first kappa shape index (κ1) is 18.3. The molecule has 3 nitrogen and oxygen atoms in total. The van der Waals surface area contributed by atoms with E-state index < -0.39 is 23.5 Å². The standard InChI is InChI=1S/C15H15F6N3/c1-22-6-12-8-24(2)13(7-23-12)9-3-10(14(16,17)18)5-11(4-9)15(19,20)21/h3-5,7,22H,6,8H2,1-2H3. The highest BCUT2D eigenvalue weighted by Crippen LogP contribution is 2.38. The summed E-state index contributed by atoms with van der Waals surface area (Å²) in [6, 6.07) is 1.52. The number of alkyl halides is 6. The van der Waals surface area contributed by atoms with Crippen LogP contribution in [-0.4, -0.2) is 37.8 Å². The maximum Gasteiger partial charge on any atom is 0.416 e. The number of benzene rings is 1.